The Morgan fingerprint density at radius 1 is 1.05 bits per heavy atom. The smallest absolute Gasteiger partial charge is 0.120 e. The molecule has 0 amide bonds. The lowest BCUT2D eigenvalue weighted by Crippen LogP contribution is -2.24. The number of nitrogens with one attached hydrogen (secondary N) is 1. The SMILES string of the molecule is CC(C)NCCc1ccc(COc2cccc(Br)c2)cc1. The normalized spacial score (nSPS) is 10.9. The molecule has 2 aromatic carbocycles. The van der Waals surface area contributed by atoms with Crippen LogP contribution in [0.15, 0.2) is 53.0 Å². The summed E-state index contributed by atoms with van der Waals surface area (Å²) >= 11 is 3.45. The van der Waals surface area contributed by atoms with E-state index in [9.17, 15) is 0 Å². The van der Waals surface area contributed by atoms with Gasteiger partial charge in [0.2, 0.25) is 0 Å². The van der Waals surface area contributed by atoms with Crippen molar-refractivity contribution in [3.05, 3.63) is 64.1 Å². The van der Waals surface area contributed by atoms with E-state index in [1.807, 2.05) is 24.3 Å². The summed E-state index contributed by atoms with van der Waals surface area (Å²) < 4.78 is 6.82. The van der Waals surface area contributed by atoms with Gasteiger partial charge in [-0.25, -0.2) is 0 Å². The van der Waals surface area contributed by atoms with E-state index in [0.29, 0.717) is 12.6 Å². The maximum atomic E-state index is 5.78. The van der Waals surface area contributed by atoms with Crippen LogP contribution in [-0.2, 0) is 13.0 Å². The number of hydrogen-bond acceptors (Lipinski definition) is 2. The fourth-order valence-corrected chi connectivity index (χ4v) is 2.41. The second kappa shape index (κ2) is 8.20. The zero-order valence-corrected chi connectivity index (χ0v) is 14.2. The summed E-state index contributed by atoms with van der Waals surface area (Å²) in [5.74, 6) is 0.884. The Bertz CT molecular complexity index is 551. The number of hydrogen-bond donors (Lipinski definition) is 1. The molecule has 2 nitrogen and oxygen atoms in total. The highest BCUT2D eigenvalue weighted by Crippen LogP contribution is 2.19. The first-order valence-corrected chi connectivity index (χ1v) is 8.12. The second-order valence-corrected chi connectivity index (χ2v) is 6.34. The van der Waals surface area contributed by atoms with Gasteiger partial charge in [-0.2, -0.15) is 0 Å². The van der Waals surface area contributed by atoms with Crippen molar-refractivity contribution in [2.24, 2.45) is 0 Å². The predicted octanol–water partition coefficient (Wildman–Crippen LogP) is 4.57. The van der Waals surface area contributed by atoms with Gasteiger partial charge in [0.15, 0.2) is 0 Å². The quantitative estimate of drug-likeness (QED) is 0.792. The predicted molar refractivity (Wildman–Crippen MR) is 91.8 cm³/mol. The molecule has 112 valence electrons. The Kier molecular flexibility index (Phi) is 6.27. The molecule has 3 heteroatoms. The first-order chi connectivity index (χ1) is 10.1. The van der Waals surface area contributed by atoms with Gasteiger partial charge >= 0.3 is 0 Å². The summed E-state index contributed by atoms with van der Waals surface area (Å²) in [7, 11) is 0. The van der Waals surface area contributed by atoms with E-state index >= 15 is 0 Å². The average Bonchev–Trinajstić information content (AvgIpc) is 2.46. The van der Waals surface area contributed by atoms with Crippen LogP contribution >= 0.6 is 15.9 Å². The Hall–Kier alpha value is -1.32. The van der Waals surface area contributed by atoms with E-state index in [1.165, 1.54) is 11.1 Å². The van der Waals surface area contributed by atoms with Gasteiger partial charge in [-0.1, -0.05) is 60.1 Å². The average molecular weight is 348 g/mol. The highest BCUT2D eigenvalue weighted by atomic mass is 79.9. The van der Waals surface area contributed by atoms with Gasteiger partial charge in [0.1, 0.15) is 12.4 Å². The van der Waals surface area contributed by atoms with Gasteiger partial charge in [-0.05, 0) is 42.3 Å². The fourth-order valence-electron chi connectivity index (χ4n) is 2.03. The Balaban J connectivity index is 1.82. The molecule has 0 saturated heterocycles. The number of ether oxygens (including phenoxy) is 1. The van der Waals surface area contributed by atoms with Gasteiger partial charge in [0, 0.05) is 10.5 Å². The minimum Gasteiger partial charge on any atom is -0.489 e. The summed E-state index contributed by atoms with van der Waals surface area (Å²) in [5, 5.41) is 3.43. The van der Waals surface area contributed by atoms with Crippen LogP contribution in [0.5, 0.6) is 5.75 Å². The molecule has 0 unspecified atom stereocenters. The first-order valence-electron chi connectivity index (χ1n) is 7.33. The second-order valence-electron chi connectivity index (χ2n) is 5.42. The maximum Gasteiger partial charge on any atom is 0.120 e. The third kappa shape index (κ3) is 5.90. The summed E-state index contributed by atoms with van der Waals surface area (Å²) in [6.45, 7) is 5.96. The molecule has 0 aliphatic heterocycles. The van der Waals surface area contributed by atoms with Crippen molar-refractivity contribution in [3.63, 3.8) is 0 Å². The van der Waals surface area contributed by atoms with Gasteiger partial charge in [-0.15, -0.1) is 0 Å². The zero-order valence-electron chi connectivity index (χ0n) is 12.6. The molecule has 0 radical (unpaired) electrons. The molecule has 0 atom stereocenters. The van der Waals surface area contributed by atoms with Gasteiger partial charge in [-0.3, -0.25) is 0 Å². The molecule has 0 fully saturated rings. The number of rotatable bonds is 7. The topological polar surface area (TPSA) is 21.3 Å². The van der Waals surface area contributed by atoms with Crippen molar-refractivity contribution in [2.45, 2.75) is 32.9 Å². The van der Waals surface area contributed by atoms with E-state index in [-0.39, 0.29) is 0 Å². The lowest BCUT2D eigenvalue weighted by Gasteiger charge is -2.09. The zero-order chi connectivity index (χ0) is 15.1. The number of benzene rings is 2. The molecule has 0 aromatic heterocycles. The van der Waals surface area contributed by atoms with Crippen LogP contribution in [0.4, 0.5) is 0 Å². The van der Waals surface area contributed by atoms with Crippen molar-refractivity contribution in [1.82, 2.24) is 5.32 Å². The molecule has 21 heavy (non-hydrogen) atoms. The standard InChI is InChI=1S/C18H22BrNO/c1-14(2)20-11-10-15-6-8-16(9-7-15)13-21-18-5-3-4-17(19)12-18/h3-9,12,14,20H,10-11,13H2,1-2H3. The maximum absolute atomic E-state index is 5.78. The number of halogens is 1. The van der Waals surface area contributed by atoms with Crippen LogP contribution in [0.1, 0.15) is 25.0 Å². The molecule has 0 bridgehead atoms. The van der Waals surface area contributed by atoms with E-state index in [4.69, 9.17) is 4.74 Å². The summed E-state index contributed by atoms with van der Waals surface area (Å²) in [5.41, 5.74) is 2.55. The monoisotopic (exact) mass is 347 g/mol. The van der Waals surface area contributed by atoms with Crippen LogP contribution in [0.3, 0.4) is 0 Å². The third-order valence-electron chi connectivity index (χ3n) is 3.19. The Labute approximate surface area is 135 Å². The van der Waals surface area contributed by atoms with Crippen molar-refractivity contribution < 1.29 is 4.74 Å². The highest BCUT2D eigenvalue weighted by Gasteiger charge is 1.99. The van der Waals surface area contributed by atoms with Crippen LogP contribution in [-0.4, -0.2) is 12.6 Å². The molecule has 1 N–H and O–H groups in total. The van der Waals surface area contributed by atoms with Crippen molar-refractivity contribution in [1.29, 1.82) is 0 Å². The molecule has 0 heterocycles. The summed E-state index contributed by atoms with van der Waals surface area (Å²) in [6.07, 6.45) is 1.06. The van der Waals surface area contributed by atoms with E-state index in [0.717, 1.165) is 23.2 Å². The molecule has 2 rings (SSSR count). The van der Waals surface area contributed by atoms with E-state index in [2.05, 4.69) is 59.4 Å². The fraction of sp³-hybridized carbons (Fsp3) is 0.333. The van der Waals surface area contributed by atoms with Crippen LogP contribution < -0.4 is 10.1 Å². The Morgan fingerprint density at radius 3 is 2.43 bits per heavy atom. The molecule has 0 aliphatic carbocycles. The van der Waals surface area contributed by atoms with Gasteiger partial charge in [0.25, 0.3) is 0 Å². The van der Waals surface area contributed by atoms with Crippen molar-refractivity contribution in [2.75, 3.05) is 6.54 Å². The van der Waals surface area contributed by atoms with Crippen molar-refractivity contribution in [3.8, 4) is 5.75 Å². The molecule has 0 aliphatic rings. The molecular formula is C18H22BrNO. The molecule has 0 saturated carbocycles. The summed E-state index contributed by atoms with van der Waals surface area (Å²) in [4.78, 5) is 0. The van der Waals surface area contributed by atoms with Crippen LogP contribution in [0.25, 0.3) is 0 Å². The minimum atomic E-state index is 0.544. The molecule has 2 aromatic rings. The van der Waals surface area contributed by atoms with E-state index < -0.39 is 0 Å². The van der Waals surface area contributed by atoms with Gasteiger partial charge < -0.3 is 10.1 Å². The van der Waals surface area contributed by atoms with Crippen molar-refractivity contribution >= 4 is 15.9 Å². The summed E-state index contributed by atoms with van der Waals surface area (Å²) in [6, 6.07) is 17.1. The lowest BCUT2D eigenvalue weighted by atomic mass is 10.1. The minimum absolute atomic E-state index is 0.544. The van der Waals surface area contributed by atoms with Crippen LogP contribution in [0, 0.1) is 0 Å². The van der Waals surface area contributed by atoms with E-state index in [1.54, 1.807) is 0 Å². The third-order valence-corrected chi connectivity index (χ3v) is 3.68. The van der Waals surface area contributed by atoms with Crippen LogP contribution in [0.2, 0.25) is 0 Å². The molecule has 0 spiro atoms. The molecular weight excluding hydrogens is 326 g/mol. The first kappa shape index (κ1) is 16.1. The highest BCUT2D eigenvalue weighted by molar-refractivity contribution is 9.10. The Morgan fingerprint density at radius 2 is 1.76 bits per heavy atom. The van der Waals surface area contributed by atoms with Gasteiger partial charge in [0.05, 0.1) is 0 Å². The lowest BCUT2D eigenvalue weighted by molar-refractivity contribution is 0.306. The largest absolute Gasteiger partial charge is 0.489 e.